The Bertz CT molecular complexity index is 569. The number of benzene rings is 1. The van der Waals surface area contributed by atoms with Crippen molar-refractivity contribution in [3.05, 3.63) is 29.8 Å². The molecule has 1 aromatic rings. The van der Waals surface area contributed by atoms with E-state index in [2.05, 4.69) is 16.0 Å². The molecule has 2 aliphatic heterocycles. The zero-order valence-electron chi connectivity index (χ0n) is 13.3. The lowest BCUT2D eigenvalue weighted by molar-refractivity contribution is 0.0945. The molecule has 2 heterocycles. The summed E-state index contributed by atoms with van der Waals surface area (Å²) in [6.07, 6.45) is 3.23. The van der Waals surface area contributed by atoms with Crippen LogP contribution >= 0.6 is 0 Å². The van der Waals surface area contributed by atoms with Gasteiger partial charge in [-0.3, -0.25) is 9.69 Å². The van der Waals surface area contributed by atoms with Crippen molar-refractivity contribution >= 4 is 17.6 Å². The molecule has 3 N–H and O–H groups in total. The van der Waals surface area contributed by atoms with E-state index in [0.29, 0.717) is 31.1 Å². The second kappa shape index (κ2) is 7.46. The Hall–Kier alpha value is -2.08. The van der Waals surface area contributed by atoms with E-state index in [0.717, 1.165) is 31.6 Å². The number of carbonyl (C=O) groups is 2. The van der Waals surface area contributed by atoms with Crippen molar-refractivity contribution in [3.63, 3.8) is 0 Å². The Morgan fingerprint density at radius 2 is 2.22 bits per heavy atom. The van der Waals surface area contributed by atoms with Crippen LogP contribution in [0.1, 0.15) is 29.6 Å². The second-order valence-corrected chi connectivity index (χ2v) is 6.21. The van der Waals surface area contributed by atoms with Gasteiger partial charge in [0.1, 0.15) is 0 Å². The van der Waals surface area contributed by atoms with Crippen LogP contribution in [0.15, 0.2) is 24.3 Å². The molecule has 1 aromatic carbocycles. The maximum atomic E-state index is 12.4. The van der Waals surface area contributed by atoms with Gasteiger partial charge in [0.15, 0.2) is 0 Å². The second-order valence-electron chi connectivity index (χ2n) is 6.21. The van der Waals surface area contributed by atoms with Crippen LogP contribution in [0.25, 0.3) is 0 Å². The number of piperidine rings is 1. The minimum Gasteiger partial charge on any atom is -0.352 e. The van der Waals surface area contributed by atoms with E-state index in [1.807, 2.05) is 12.1 Å². The monoisotopic (exact) mass is 316 g/mol. The molecule has 2 aliphatic rings. The van der Waals surface area contributed by atoms with E-state index < -0.39 is 0 Å². The van der Waals surface area contributed by atoms with Crippen molar-refractivity contribution in [2.75, 3.05) is 37.6 Å². The first-order valence-electron chi connectivity index (χ1n) is 8.38. The van der Waals surface area contributed by atoms with Gasteiger partial charge in [-0.15, -0.1) is 0 Å². The first-order chi connectivity index (χ1) is 11.2. The van der Waals surface area contributed by atoms with Gasteiger partial charge in [0.05, 0.1) is 0 Å². The van der Waals surface area contributed by atoms with E-state index in [1.165, 1.54) is 6.42 Å². The number of carbonyl (C=O) groups excluding carboxylic acids is 2. The van der Waals surface area contributed by atoms with Crippen molar-refractivity contribution in [3.8, 4) is 0 Å². The van der Waals surface area contributed by atoms with Gasteiger partial charge >= 0.3 is 6.03 Å². The highest BCUT2D eigenvalue weighted by Gasteiger charge is 2.20. The SMILES string of the molecule is O=C(NCC1CCCNC1)c1cccc(N2CCCNC2=O)c1. The van der Waals surface area contributed by atoms with Crippen molar-refractivity contribution < 1.29 is 9.59 Å². The summed E-state index contributed by atoms with van der Waals surface area (Å²) in [7, 11) is 0. The summed E-state index contributed by atoms with van der Waals surface area (Å²) in [6, 6.07) is 7.18. The average Bonchev–Trinajstić information content (AvgIpc) is 2.61. The molecule has 6 nitrogen and oxygen atoms in total. The molecule has 3 rings (SSSR count). The molecular weight excluding hydrogens is 292 g/mol. The van der Waals surface area contributed by atoms with E-state index in [9.17, 15) is 9.59 Å². The molecular formula is C17H24N4O2. The Kier molecular flexibility index (Phi) is 5.12. The molecule has 2 saturated heterocycles. The van der Waals surface area contributed by atoms with Crippen LogP contribution in [0, 0.1) is 5.92 Å². The highest BCUT2D eigenvalue weighted by Crippen LogP contribution is 2.18. The number of hydrogen-bond acceptors (Lipinski definition) is 3. The molecule has 0 radical (unpaired) electrons. The van der Waals surface area contributed by atoms with Crippen LogP contribution in [0.3, 0.4) is 0 Å². The van der Waals surface area contributed by atoms with Crippen LogP contribution in [0.4, 0.5) is 10.5 Å². The summed E-state index contributed by atoms with van der Waals surface area (Å²) >= 11 is 0. The Morgan fingerprint density at radius 3 is 3.00 bits per heavy atom. The molecule has 0 aliphatic carbocycles. The summed E-state index contributed by atoms with van der Waals surface area (Å²) in [5.74, 6) is 0.429. The molecule has 0 saturated carbocycles. The molecule has 3 amide bonds. The highest BCUT2D eigenvalue weighted by molar-refractivity contribution is 5.97. The zero-order chi connectivity index (χ0) is 16.1. The van der Waals surface area contributed by atoms with Gasteiger partial charge in [0.25, 0.3) is 5.91 Å². The van der Waals surface area contributed by atoms with Crippen LogP contribution in [-0.2, 0) is 0 Å². The minimum atomic E-state index is -0.0953. The van der Waals surface area contributed by atoms with Crippen molar-refractivity contribution in [2.45, 2.75) is 19.3 Å². The predicted octanol–water partition coefficient (Wildman–Crippen LogP) is 1.34. The maximum absolute atomic E-state index is 12.4. The number of amides is 3. The fourth-order valence-electron chi connectivity index (χ4n) is 3.13. The van der Waals surface area contributed by atoms with Crippen LogP contribution in [-0.4, -0.2) is 44.7 Å². The topological polar surface area (TPSA) is 73.5 Å². The first-order valence-corrected chi connectivity index (χ1v) is 8.38. The number of urea groups is 1. The lowest BCUT2D eigenvalue weighted by atomic mass is 9.99. The largest absolute Gasteiger partial charge is 0.352 e. The standard InChI is InChI=1S/C17H24N4O2/c22-16(20-12-13-4-2-7-18-11-13)14-5-1-6-15(10-14)21-9-3-8-19-17(21)23/h1,5-6,10,13,18H,2-4,7-9,11-12H2,(H,19,23)(H,20,22). The van der Waals surface area contributed by atoms with E-state index in [-0.39, 0.29) is 11.9 Å². The summed E-state index contributed by atoms with van der Waals surface area (Å²) < 4.78 is 0. The minimum absolute atomic E-state index is 0.0742. The lowest BCUT2D eigenvalue weighted by Crippen LogP contribution is -2.46. The van der Waals surface area contributed by atoms with Crippen LogP contribution < -0.4 is 20.9 Å². The molecule has 23 heavy (non-hydrogen) atoms. The Labute approximate surface area is 136 Å². The molecule has 6 heteroatoms. The summed E-state index contributed by atoms with van der Waals surface area (Å²) in [6.45, 7) is 4.13. The molecule has 124 valence electrons. The van der Waals surface area contributed by atoms with Crippen molar-refractivity contribution in [1.29, 1.82) is 0 Å². The van der Waals surface area contributed by atoms with Gasteiger partial charge in [0, 0.05) is 30.9 Å². The van der Waals surface area contributed by atoms with E-state index in [4.69, 9.17) is 0 Å². The van der Waals surface area contributed by atoms with Gasteiger partial charge in [-0.1, -0.05) is 6.07 Å². The normalized spacial score (nSPS) is 21.7. The summed E-state index contributed by atoms with van der Waals surface area (Å²) in [5.41, 5.74) is 1.37. The Balaban J connectivity index is 1.61. The zero-order valence-corrected chi connectivity index (χ0v) is 13.3. The molecule has 1 atom stereocenters. The smallest absolute Gasteiger partial charge is 0.321 e. The highest BCUT2D eigenvalue weighted by atomic mass is 16.2. The van der Waals surface area contributed by atoms with Crippen LogP contribution in [0.2, 0.25) is 0 Å². The molecule has 0 aromatic heterocycles. The number of anilines is 1. The van der Waals surface area contributed by atoms with Gasteiger partial charge in [-0.2, -0.15) is 0 Å². The van der Waals surface area contributed by atoms with Crippen molar-refractivity contribution in [1.82, 2.24) is 16.0 Å². The summed E-state index contributed by atoms with van der Waals surface area (Å²) in [5, 5.41) is 9.19. The van der Waals surface area contributed by atoms with Gasteiger partial charge in [-0.25, -0.2) is 4.79 Å². The fourth-order valence-corrected chi connectivity index (χ4v) is 3.13. The third-order valence-corrected chi connectivity index (χ3v) is 4.45. The number of rotatable bonds is 4. The number of nitrogens with zero attached hydrogens (tertiary/aromatic N) is 1. The number of hydrogen-bond donors (Lipinski definition) is 3. The van der Waals surface area contributed by atoms with Crippen molar-refractivity contribution in [2.24, 2.45) is 5.92 Å². The first kappa shape index (κ1) is 15.8. The predicted molar refractivity (Wildman–Crippen MR) is 89.7 cm³/mol. The lowest BCUT2D eigenvalue weighted by Gasteiger charge is -2.27. The maximum Gasteiger partial charge on any atom is 0.321 e. The van der Waals surface area contributed by atoms with Gasteiger partial charge in [-0.05, 0) is 56.5 Å². The van der Waals surface area contributed by atoms with E-state index in [1.54, 1.807) is 17.0 Å². The molecule has 0 bridgehead atoms. The third kappa shape index (κ3) is 4.01. The average molecular weight is 316 g/mol. The molecule has 2 fully saturated rings. The molecule has 1 unspecified atom stereocenters. The Morgan fingerprint density at radius 1 is 1.30 bits per heavy atom. The summed E-state index contributed by atoms with van der Waals surface area (Å²) in [4.78, 5) is 26.0. The van der Waals surface area contributed by atoms with Gasteiger partial charge in [0.2, 0.25) is 0 Å². The quantitative estimate of drug-likeness (QED) is 0.785. The molecule has 0 spiro atoms. The number of nitrogens with one attached hydrogen (secondary N) is 3. The third-order valence-electron chi connectivity index (χ3n) is 4.45. The van der Waals surface area contributed by atoms with E-state index >= 15 is 0 Å². The van der Waals surface area contributed by atoms with Gasteiger partial charge < -0.3 is 16.0 Å². The fraction of sp³-hybridized carbons (Fsp3) is 0.529. The van der Waals surface area contributed by atoms with Crippen LogP contribution in [0.5, 0.6) is 0 Å².